The topological polar surface area (TPSA) is 94.8 Å². The molecule has 2 aromatic heterocycles. The zero-order valence-corrected chi connectivity index (χ0v) is 11.9. The van der Waals surface area contributed by atoms with Gasteiger partial charge in [-0.2, -0.15) is 4.68 Å². The number of pyridine rings is 1. The molecular weight excluding hydrogens is 284 g/mol. The molecule has 8 nitrogen and oxygen atoms in total. The van der Waals surface area contributed by atoms with Crippen LogP contribution in [0.5, 0.6) is 0 Å². The van der Waals surface area contributed by atoms with Crippen LogP contribution in [-0.2, 0) is 9.53 Å². The van der Waals surface area contributed by atoms with Gasteiger partial charge >= 0.3 is 5.97 Å². The van der Waals surface area contributed by atoms with Crippen molar-refractivity contribution in [2.24, 2.45) is 0 Å². The van der Waals surface area contributed by atoms with Gasteiger partial charge < -0.3 is 10.1 Å². The smallest absolute Gasteiger partial charge is 0.338 e. The quantitative estimate of drug-likeness (QED) is 0.666. The summed E-state index contributed by atoms with van der Waals surface area (Å²) in [6, 6.07) is 4.92. The monoisotopic (exact) mass is 298 g/mol. The number of hydrogen-bond acceptors (Lipinski definition) is 7. The van der Waals surface area contributed by atoms with Gasteiger partial charge in [-0.3, -0.25) is 4.98 Å². The molecule has 0 bridgehead atoms. The second-order valence-corrected chi connectivity index (χ2v) is 4.66. The lowest BCUT2D eigenvalue weighted by molar-refractivity contribution is -0.138. The third-order valence-corrected chi connectivity index (χ3v) is 3.23. The zero-order chi connectivity index (χ0) is 15.5. The molecule has 0 amide bonds. The van der Waals surface area contributed by atoms with E-state index in [1.165, 1.54) is 10.8 Å². The molecule has 2 aromatic rings. The van der Waals surface area contributed by atoms with Crippen LogP contribution < -0.4 is 5.32 Å². The minimum atomic E-state index is -0.537. The highest BCUT2D eigenvalue weighted by Crippen LogP contribution is 2.33. The largest absolute Gasteiger partial charge is 0.458 e. The maximum Gasteiger partial charge on any atom is 0.338 e. The van der Waals surface area contributed by atoms with Crippen LogP contribution in [0.3, 0.4) is 0 Å². The number of esters is 1. The van der Waals surface area contributed by atoms with Crippen molar-refractivity contribution in [3.05, 3.63) is 54.0 Å². The summed E-state index contributed by atoms with van der Waals surface area (Å²) in [5.74, 6) is -0.00451. The Labute approximate surface area is 126 Å². The molecule has 0 spiro atoms. The highest BCUT2D eigenvalue weighted by molar-refractivity contribution is 5.92. The van der Waals surface area contributed by atoms with Crippen LogP contribution in [0.2, 0.25) is 0 Å². The van der Waals surface area contributed by atoms with Gasteiger partial charge in [0.2, 0.25) is 5.95 Å². The number of anilines is 1. The zero-order valence-electron chi connectivity index (χ0n) is 11.9. The first-order chi connectivity index (χ1) is 10.7. The first-order valence-electron chi connectivity index (χ1n) is 6.67. The lowest BCUT2D eigenvalue weighted by atomic mass is 10.00. The van der Waals surface area contributed by atoms with E-state index in [1.54, 1.807) is 19.2 Å². The van der Waals surface area contributed by atoms with E-state index in [9.17, 15) is 4.79 Å². The Balaban J connectivity index is 2.08. The van der Waals surface area contributed by atoms with Gasteiger partial charge in [0, 0.05) is 11.9 Å². The molecule has 0 aliphatic carbocycles. The Hall–Kier alpha value is -3.03. The Morgan fingerprint density at radius 3 is 3.14 bits per heavy atom. The third kappa shape index (κ3) is 2.34. The second-order valence-electron chi connectivity index (χ2n) is 4.66. The molecule has 22 heavy (non-hydrogen) atoms. The summed E-state index contributed by atoms with van der Waals surface area (Å²) in [7, 11) is 0. The average molecular weight is 298 g/mol. The molecular formula is C14H14N6O2. The van der Waals surface area contributed by atoms with Crippen molar-refractivity contribution >= 4 is 11.9 Å². The fraction of sp³-hybridized carbons (Fsp3) is 0.214. The number of carbonyl (C=O) groups excluding carboxylic acids is 1. The van der Waals surface area contributed by atoms with Gasteiger partial charge in [-0.25, -0.2) is 4.79 Å². The van der Waals surface area contributed by atoms with Gasteiger partial charge in [-0.05, 0) is 29.5 Å². The van der Waals surface area contributed by atoms with E-state index in [0.29, 0.717) is 22.9 Å². The standard InChI is InChI=1S/C14H14N6O2/c1-3-8-22-13(21)11-9(2)16-14-17-18-19-20(14)12(11)10-6-4-5-7-15-10/h3-7,12H,1,8H2,2H3,(H,16,17,19). The van der Waals surface area contributed by atoms with Crippen LogP contribution in [0.1, 0.15) is 18.7 Å². The number of hydrogen-bond donors (Lipinski definition) is 1. The van der Waals surface area contributed by atoms with Crippen molar-refractivity contribution in [2.45, 2.75) is 13.0 Å². The third-order valence-electron chi connectivity index (χ3n) is 3.23. The normalized spacial score (nSPS) is 16.7. The van der Waals surface area contributed by atoms with E-state index >= 15 is 0 Å². The van der Waals surface area contributed by atoms with Gasteiger partial charge in [-0.1, -0.05) is 23.8 Å². The summed E-state index contributed by atoms with van der Waals surface area (Å²) in [5.41, 5.74) is 1.70. The lowest BCUT2D eigenvalue weighted by Gasteiger charge is -2.26. The van der Waals surface area contributed by atoms with Crippen molar-refractivity contribution in [1.29, 1.82) is 0 Å². The highest BCUT2D eigenvalue weighted by Gasteiger charge is 2.35. The van der Waals surface area contributed by atoms with Crippen LogP contribution in [0.15, 0.2) is 48.3 Å². The van der Waals surface area contributed by atoms with E-state index in [4.69, 9.17) is 4.74 Å². The number of tetrazole rings is 1. The number of carbonyl (C=O) groups is 1. The molecule has 0 aromatic carbocycles. The summed E-state index contributed by atoms with van der Waals surface area (Å²) >= 11 is 0. The molecule has 1 unspecified atom stereocenters. The van der Waals surface area contributed by atoms with Crippen molar-refractivity contribution in [3.8, 4) is 0 Å². The number of nitrogens with zero attached hydrogens (tertiary/aromatic N) is 5. The number of fused-ring (bicyclic) bond motifs is 1. The molecule has 1 aliphatic heterocycles. The van der Waals surface area contributed by atoms with Crippen molar-refractivity contribution in [3.63, 3.8) is 0 Å². The fourth-order valence-electron chi connectivity index (χ4n) is 2.30. The van der Waals surface area contributed by atoms with Gasteiger partial charge in [0.1, 0.15) is 12.6 Å². The number of rotatable bonds is 4. The molecule has 0 saturated heterocycles. The average Bonchev–Trinajstić information content (AvgIpc) is 2.99. The maximum absolute atomic E-state index is 12.4. The minimum Gasteiger partial charge on any atom is -0.458 e. The molecule has 1 aliphatic rings. The number of allylic oxidation sites excluding steroid dienone is 1. The van der Waals surface area contributed by atoms with Gasteiger partial charge in [0.25, 0.3) is 0 Å². The van der Waals surface area contributed by atoms with E-state index in [2.05, 4.69) is 32.4 Å². The molecule has 3 heterocycles. The Morgan fingerprint density at radius 2 is 2.41 bits per heavy atom. The molecule has 0 fully saturated rings. The number of ether oxygens (including phenoxy) is 1. The second kappa shape index (κ2) is 5.76. The van der Waals surface area contributed by atoms with Crippen LogP contribution in [0.25, 0.3) is 0 Å². The summed E-state index contributed by atoms with van der Waals surface area (Å²) in [6.45, 7) is 5.45. The van der Waals surface area contributed by atoms with Gasteiger partial charge in [-0.15, -0.1) is 0 Å². The van der Waals surface area contributed by atoms with Crippen LogP contribution in [0, 0.1) is 0 Å². The first-order valence-corrected chi connectivity index (χ1v) is 6.67. The molecule has 0 radical (unpaired) electrons. The summed E-state index contributed by atoms with van der Waals surface area (Å²) in [4.78, 5) is 16.7. The number of nitrogens with one attached hydrogen (secondary N) is 1. The van der Waals surface area contributed by atoms with Crippen LogP contribution in [0.4, 0.5) is 5.95 Å². The molecule has 1 atom stereocenters. The van der Waals surface area contributed by atoms with Crippen molar-refractivity contribution in [2.75, 3.05) is 11.9 Å². The minimum absolute atomic E-state index is 0.132. The SMILES string of the molecule is C=CCOC(=O)C1=C(C)Nc2nnnn2C1c1ccccn1. The van der Waals surface area contributed by atoms with Crippen molar-refractivity contribution in [1.82, 2.24) is 25.2 Å². The van der Waals surface area contributed by atoms with Crippen LogP contribution >= 0.6 is 0 Å². The Morgan fingerprint density at radius 1 is 1.55 bits per heavy atom. The maximum atomic E-state index is 12.4. The predicted octanol–water partition coefficient (Wildman–Crippen LogP) is 1.09. The first kappa shape index (κ1) is 13.9. The fourth-order valence-corrected chi connectivity index (χ4v) is 2.30. The summed E-state index contributed by atoms with van der Waals surface area (Å²) < 4.78 is 6.69. The highest BCUT2D eigenvalue weighted by atomic mass is 16.5. The lowest BCUT2D eigenvalue weighted by Crippen LogP contribution is -2.30. The number of aromatic nitrogens is 5. The van der Waals surface area contributed by atoms with E-state index in [1.807, 2.05) is 12.1 Å². The molecule has 8 heteroatoms. The summed E-state index contributed by atoms with van der Waals surface area (Å²) in [5, 5.41) is 14.5. The van der Waals surface area contributed by atoms with Crippen molar-refractivity contribution < 1.29 is 9.53 Å². The van der Waals surface area contributed by atoms with Crippen LogP contribution in [-0.4, -0.2) is 37.8 Å². The van der Waals surface area contributed by atoms with Gasteiger partial charge in [0.15, 0.2) is 0 Å². The van der Waals surface area contributed by atoms with E-state index in [-0.39, 0.29) is 6.61 Å². The summed E-state index contributed by atoms with van der Waals surface area (Å²) in [6.07, 6.45) is 3.17. The Bertz CT molecular complexity index is 737. The molecule has 3 rings (SSSR count). The predicted molar refractivity (Wildman–Crippen MR) is 77.7 cm³/mol. The van der Waals surface area contributed by atoms with Gasteiger partial charge in [0.05, 0.1) is 11.3 Å². The molecule has 0 saturated carbocycles. The molecule has 112 valence electrons. The molecule has 1 N–H and O–H groups in total. The van der Waals surface area contributed by atoms with E-state index < -0.39 is 12.0 Å². The van der Waals surface area contributed by atoms with E-state index in [0.717, 1.165) is 0 Å². The Kier molecular flexibility index (Phi) is 3.65.